The maximum Gasteiger partial charge on any atom is 0.239 e. The number of anilines is 1. The van der Waals surface area contributed by atoms with E-state index in [4.69, 9.17) is 0 Å². The molecule has 0 aromatic heterocycles. The Bertz CT molecular complexity index is 525. The van der Waals surface area contributed by atoms with E-state index in [1.807, 2.05) is 60.5 Å². The van der Waals surface area contributed by atoms with E-state index in [1.165, 1.54) is 5.56 Å². The number of amides is 1. The number of benzene rings is 2. The molecule has 3 nitrogen and oxygen atoms in total. The first-order valence-corrected chi connectivity index (χ1v) is 6.82. The molecule has 1 amide bonds. The van der Waals surface area contributed by atoms with Crippen LogP contribution in [0.1, 0.15) is 5.56 Å². The minimum Gasteiger partial charge on any atom is -0.365 e. The van der Waals surface area contributed by atoms with Crippen molar-refractivity contribution >= 4 is 11.6 Å². The fourth-order valence-corrected chi connectivity index (χ4v) is 2.04. The van der Waals surface area contributed by atoms with E-state index < -0.39 is 0 Å². The Morgan fingerprint density at radius 2 is 1.60 bits per heavy atom. The van der Waals surface area contributed by atoms with Crippen LogP contribution in [0, 0.1) is 0 Å². The van der Waals surface area contributed by atoms with E-state index in [0.717, 1.165) is 12.1 Å². The second-order valence-electron chi connectivity index (χ2n) is 4.78. The Labute approximate surface area is 120 Å². The van der Waals surface area contributed by atoms with Gasteiger partial charge in [0.25, 0.3) is 0 Å². The lowest BCUT2D eigenvalue weighted by Crippen LogP contribution is -2.36. The lowest BCUT2D eigenvalue weighted by molar-refractivity contribution is -0.119. The van der Waals surface area contributed by atoms with Gasteiger partial charge in [0.15, 0.2) is 0 Å². The molecule has 3 heteroatoms. The van der Waals surface area contributed by atoms with Gasteiger partial charge in [0.05, 0.1) is 6.54 Å². The van der Waals surface area contributed by atoms with Crippen LogP contribution in [0.4, 0.5) is 5.69 Å². The molecule has 2 aromatic carbocycles. The molecular formula is C17H20N2O. The summed E-state index contributed by atoms with van der Waals surface area (Å²) < 4.78 is 0. The van der Waals surface area contributed by atoms with Crippen LogP contribution in [0.5, 0.6) is 0 Å². The maximum atomic E-state index is 11.9. The number of likely N-dealkylation sites (N-methyl/N-ethyl adjacent to an activating group) is 1. The molecule has 0 fully saturated rings. The zero-order valence-electron chi connectivity index (χ0n) is 11.8. The summed E-state index contributed by atoms with van der Waals surface area (Å²) in [5.74, 6) is 0.0484. The average molecular weight is 268 g/mol. The second-order valence-corrected chi connectivity index (χ2v) is 4.78. The number of hydrogen-bond acceptors (Lipinski definition) is 2. The summed E-state index contributed by atoms with van der Waals surface area (Å²) in [5.41, 5.74) is 2.29. The number of nitrogens with zero attached hydrogens (tertiary/aromatic N) is 1. The zero-order chi connectivity index (χ0) is 14.2. The largest absolute Gasteiger partial charge is 0.365 e. The van der Waals surface area contributed by atoms with Gasteiger partial charge in [0.2, 0.25) is 5.91 Å². The van der Waals surface area contributed by atoms with E-state index in [2.05, 4.69) is 17.4 Å². The van der Waals surface area contributed by atoms with Crippen molar-refractivity contribution in [2.75, 3.05) is 25.0 Å². The monoisotopic (exact) mass is 268 g/mol. The first kappa shape index (κ1) is 14.1. The highest BCUT2D eigenvalue weighted by molar-refractivity contribution is 5.81. The lowest BCUT2D eigenvalue weighted by Gasteiger charge is -2.18. The summed E-state index contributed by atoms with van der Waals surface area (Å²) in [5, 5.41) is 2.95. The molecule has 2 rings (SSSR count). The molecule has 0 aliphatic carbocycles. The van der Waals surface area contributed by atoms with Crippen molar-refractivity contribution in [3.8, 4) is 0 Å². The van der Waals surface area contributed by atoms with E-state index in [0.29, 0.717) is 13.1 Å². The van der Waals surface area contributed by atoms with Gasteiger partial charge in [-0.1, -0.05) is 48.5 Å². The molecule has 0 saturated carbocycles. The molecule has 20 heavy (non-hydrogen) atoms. The molecule has 0 radical (unpaired) electrons. The van der Waals surface area contributed by atoms with Gasteiger partial charge in [-0.25, -0.2) is 0 Å². The quantitative estimate of drug-likeness (QED) is 0.873. The van der Waals surface area contributed by atoms with E-state index in [-0.39, 0.29) is 5.91 Å². The number of para-hydroxylation sites is 1. The summed E-state index contributed by atoms with van der Waals surface area (Å²) >= 11 is 0. The SMILES string of the molecule is CN(CC(=O)NCCc1ccccc1)c1ccccc1. The van der Waals surface area contributed by atoms with Gasteiger partial charge in [-0.15, -0.1) is 0 Å². The molecule has 0 atom stereocenters. The van der Waals surface area contributed by atoms with Crippen LogP contribution in [0.15, 0.2) is 60.7 Å². The summed E-state index contributed by atoms with van der Waals surface area (Å²) in [6.07, 6.45) is 0.863. The van der Waals surface area contributed by atoms with Crippen molar-refractivity contribution < 1.29 is 4.79 Å². The topological polar surface area (TPSA) is 32.3 Å². The summed E-state index contributed by atoms with van der Waals surface area (Å²) in [7, 11) is 1.92. The van der Waals surface area contributed by atoms with Crippen molar-refractivity contribution in [3.63, 3.8) is 0 Å². The summed E-state index contributed by atoms with van der Waals surface area (Å²) in [4.78, 5) is 13.8. The smallest absolute Gasteiger partial charge is 0.239 e. The Morgan fingerprint density at radius 3 is 2.25 bits per heavy atom. The van der Waals surface area contributed by atoms with Crippen molar-refractivity contribution in [3.05, 3.63) is 66.2 Å². The molecule has 0 unspecified atom stereocenters. The van der Waals surface area contributed by atoms with Crippen molar-refractivity contribution in [1.29, 1.82) is 0 Å². The maximum absolute atomic E-state index is 11.9. The standard InChI is InChI=1S/C17H20N2O/c1-19(16-10-6-3-7-11-16)14-17(20)18-13-12-15-8-4-2-5-9-15/h2-11H,12-14H2,1H3,(H,18,20). The van der Waals surface area contributed by atoms with Gasteiger partial charge in [0, 0.05) is 19.3 Å². The molecular weight excluding hydrogens is 248 g/mol. The summed E-state index contributed by atoms with van der Waals surface area (Å²) in [6, 6.07) is 20.1. The van der Waals surface area contributed by atoms with E-state index >= 15 is 0 Å². The molecule has 0 aliphatic heterocycles. The van der Waals surface area contributed by atoms with Gasteiger partial charge in [-0.2, -0.15) is 0 Å². The van der Waals surface area contributed by atoms with Crippen molar-refractivity contribution in [1.82, 2.24) is 5.32 Å². The van der Waals surface area contributed by atoms with Crippen LogP contribution in [-0.2, 0) is 11.2 Å². The van der Waals surface area contributed by atoms with E-state index in [1.54, 1.807) is 0 Å². The van der Waals surface area contributed by atoms with Gasteiger partial charge in [0.1, 0.15) is 0 Å². The third-order valence-corrected chi connectivity index (χ3v) is 3.16. The third-order valence-electron chi connectivity index (χ3n) is 3.16. The number of carbonyl (C=O) groups is 1. The Hall–Kier alpha value is -2.29. The normalized spacial score (nSPS) is 10.1. The van der Waals surface area contributed by atoms with Crippen LogP contribution in [0.2, 0.25) is 0 Å². The fourth-order valence-electron chi connectivity index (χ4n) is 2.04. The third kappa shape index (κ3) is 4.43. The molecule has 0 heterocycles. The summed E-state index contributed by atoms with van der Waals surface area (Å²) in [6.45, 7) is 1.05. The molecule has 0 bridgehead atoms. The van der Waals surface area contributed by atoms with Crippen molar-refractivity contribution in [2.45, 2.75) is 6.42 Å². The van der Waals surface area contributed by atoms with Gasteiger partial charge in [-0.05, 0) is 24.1 Å². The fraction of sp³-hybridized carbons (Fsp3) is 0.235. The zero-order valence-corrected chi connectivity index (χ0v) is 11.8. The van der Waals surface area contributed by atoms with Gasteiger partial charge < -0.3 is 10.2 Å². The number of hydrogen-bond donors (Lipinski definition) is 1. The lowest BCUT2D eigenvalue weighted by atomic mass is 10.1. The highest BCUT2D eigenvalue weighted by Gasteiger charge is 2.06. The Balaban J connectivity index is 1.73. The number of nitrogens with one attached hydrogen (secondary N) is 1. The highest BCUT2D eigenvalue weighted by Crippen LogP contribution is 2.09. The van der Waals surface area contributed by atoms with Crippen LogP contribution in [0.3, 0.4) is 0 Å². The first-order chi connectivity index (χ1) is 9.75. The Kier molecular flexibility index (Phi) is 5.18. The average Bonchev–Trinajstić information content (AvgIpc) is 2.49. The minimum absolute atomic E-state index is 0.0484. The Morgan fingerprint density at radius 1 is 1.00 bits per heavy atom. The molecule has 0 saturated heterocycles. The predicted octanol–water partition coefficient (Wildman–Crippen LogP) is 2.48. The predicted molar refractivity (Wildman–Crippen MR) is 82.9 cm³/mol. The van der Waals surface area contributed by atoms with Crippen LogP contribution in [0.25, 0.3) is 0 Å². The van der Waals surface area contributed by atoms with Crippen LogP contribution >= 0.6 is 0 Å². The van der Waals surface area contributed by atoms with Crippen molar-refractivity contribution in [2.24, 2.45) is 0 Å². The molecule has 0 aliphatic rings. The van der Waals surface area contributed by atoms with Crippen LogP contribution in [-0.4, -0.2) is 26.0 Å². The molecule has 0 spiro atoms. The van der Waals surface area contributed by atoms with Gasteiger partial charge >= 0.3 is 0 Å². The molecule has 104 valence electrons. The first-order valence-electron chi connectivity index (χ1n) is 6.82. The molecule has 2 aromatic rings. The number of carbonyl (C=O) groups excluding carboxylic acids is 1. The number of rotatable bonds is 6. The van der Waals surface area contributed by atoms with E-state index in [9.17, 15) is 4.79 Å². The van der Waals surface area contributed by atoms with Crippen LogP contribution < -0.4 is 10.2 Å². The highest BCUT2D eigenvalue weighted by atomic mass is 16.2. The second kappa shape index (κ2) is 7.34. The van der Waals surface area contributed by atoms with Gasteiger partial charge in [-0.3, -0.25) is 4.79 Å². The molecule has 1 N–H and O–H groups in total. The minimum atomic E-state index is 0.0484.